The molecule has 3 aromatic rings. The molecule has 3 aromatic carbocycles. The van der Waals surface area contributed by atoms with Crippen molar-refractivity contribution < 1.29 is 15.0 Å². The van der Waals surface area contributed by atoms with E-state index in [1.807, 2.05) is 31.2 Å². The van der Waals surface area contributed by atoms with Crippen LogP contribution in [-0.2, 0) is 12.8 Å². The van der Waals surface area contributed by atoms with Gasteiger partial charge in [0.05, 0.1) is 11.7 Å². The van der Waals surface area contributed by atoms with E-state index < -0.39 is 12.1 Å². The van der Waals surface area contributed by atoms with Gasteiger partial charge in [-0.1, -0.05) is 54.1 Å². The second-order valence-electron chi connectivity index (χ2n) is 8.23. The normalized spacial score (nSPS) is 16.5. The smallest absolute Gasteiger partial charge is 0.335 e. The molecule has 4 rings (SSSR count). The lowest BCUT2D eigenvalue weighted by atomic mass is 9.86. The van der Waals surface area contributed by atoms with Crippen LogP contribution in [0.4, 0.5) is 0 Å². The number of hydrogen-bond donors (Lipinski definition) is 3. The van der Waals surface area contributed by atoms with E-state index in [0.29, 0.717) is 23.2 Å². The van der Waals surface area contributed by atoms with E-state index in [2.05, 4.69) is 23.5 Å². The van der Waals surface area contributed by atoms with Crippen LogP contribution < -0.4 is 5.32 Å². The van der Waals surface area contributed by atoms with Crippen LogP contribution in [0.3, 0.4) is 0 Å². The molecular weight excluding hydrogens is 410 g/mol. The van der Waals surface area contributed by atoms with E-state index in [4.69, 9.17) is 11.6 Å². The minimum atomic E-state index is -0.899. The Bertz CT molecular complexity index is 1090. The highest BCUT2D eigenvalue weighted by atomic mass is 35.5. The van der Waals surface area contributed by atoms with Crippen LogP contribution in [0.5, 0.6) is 0 Å². The van der Waals surface area contributed by atoms with Crippen LogP contribution in [0.25, 0.3) is 11.1 Å². The Morgan fingerprint density at radius 1 is 1.06 bits per heavy atom. The zero-order valence-corrected chi connectivity index (χ0v) is 18.2. The fourth-order valence-electron chi connectivity index (χ4n) is 4.28. The maximum atomic E-state index is 11.3. The number of aliphatic hydroxyl groups excluding tert-OH is 1. The van der Waals surface area contributed by atoms with Gasteiger partial charge >= 0.3 is 5.97 Å². The van der Waals surface area contributed by atoms with Gasteiger partial charge in [-0.3, -0.25) is 0 Å². The number of carboxylic acids is 1. The number of hydrogen-bond acceptors (Lipinski definition) is 3. The predicted molar refractivity (Wildman–Crippen MR) is 124 cm³/mol. The lowest BCUT2D eigenvalue weighted by Crippen LogP contribution is -2.37. The maximum Gasteiger partial charge on any atom is 0.335 e. The van der Waals surface area contributed by atoms with Gasteiger partial charge in [0.15, 0.2) is 0 Å². The summed E-state index contributed by atoms with van der Waals surface area (Å²) < 4.78 is 0. The van der Waals surface area contributed by atoms with Gasteiger partial charge in [0.2, 0.25) is 0 Å². The highest BCUT2D eigenvalue weighted by Gasteiger charge is 2.20. The largest absolute Gasteiger partial charge is 0.478 e. The summed E-state index contributed by atoms with van der Waals surface area (Å²) in [6.07, 6.45) is 2.37. The molecule has 160 valence electrons. The van der Waals surface area contributed by atoms with Gasteiger partial charge in [-0.15, -0.1) is 0 Å². The molecule has 0 bridgehead atoms. The van der Waals surface area contributed by atoms with Crippen molar-refractivity contribution >= 4 is 17.6 Å². The minimum absolute atomic E-state index is 0.306. The molecule has 1 aliphatic carbocycles. The molecule has 0 aliphatic heterocycles. The van der Waals surface area contributed by atoms with Crippen molar-refractivity contribution in [2.75, 3.05) is 6.54 Å². The Morgan fingerprint density at radius 3 is 2.48 bits per heavy atom. The molecule has 0 spiro atoms. The van der Waals surface area contributed by atoms with Crippen molar-refractivity contribution in [3.8, 4) is 11.1 Å². The van der Waals surface area contributed by atoms with Gasteiger partial charge < -0.3 is 15.5 Å². The highest BCUT2D eigenvalue weighted by Crippen LogP contribution is 2.29. The Kier molecular flexibility index (Phi) is 6.42. The van der Waals surface area contributed by atoms with Crippen molar-refractivity contribution in [3.05, 3.63) is 93.5 Å². The quantitative estimate of drug-likeness (QED) is 0.498. The Hall–Kier alpha value is -2.66. The second kappa shape index (κ2) is 9.23. The third kappa shape index (κ3) is 4.99. The fraction of sp³-hybridized carbons (Fsp3) is 0.269. The fourth-order valence-corrected chi connectivity index (χ4v) is 4.40. The molecule has 1 aliphatic rings. The van der Waals surface area contributed by atoms with Crippen molar-refractivity contribution in [2.45, 2.75) is 38.3 Å². The average molecular weight is 436 g/mol. The molecule has 0 aromatic heterocycles. The van der Waals surface area contributed by atoms with Crippen LogP contribution >= 0.6 is 11.6 Å². The molecular formula is C26H26ClNO3. The first-order chi connectivity index (χ1) is 14.9. The number of aromatic carboxylic acids is 1. The van der Waals surface area contributed by atoms with Crippen LogP contribution in [0, 0.1) is 6.92 Å². The van der Waals surface area contributed by atoms with E-state index in [1.165, 1.54) is 11.1 Å². The van der Waals surface area contributed by atoms with Crippen molar-refractivity contribution in [2.24, 2.45) is 0 Å². The molecule has 0 fully saturated rings. The number of rotatable bonds is 6. The van der Waals surface area contributed by atoms with Gasteiger partial charge in [-0.25, -0.2) is 4.79 Å². The lowest BCUT2D eigenvalue weighted by molar-refractivity contribution is 0.0696. The molecule has 0 unspecified atom stereocenters. The summed E-state index contributed by atoms with van der Waals surface area (Å²) in [7, 11) is 0. The molecule has 0 radical (unpaired) electrons. The predicted octanol–water partition coefficient (Wildman–Crippen LogP) is 5.19. The summed E-state index contributed by atoms with van der Waals surface area (Å²) in [5.41, 5.74) is 6.75. The van der Waals surface area contributed by atoms with Gasteiger partial charge in [0.1, 0.15) is 0 Å². The summed E-state index contributed by atoms with van der Waals surface area (Å²) in [6.45, 7) is 2.33. The first-order valence-electron chi connectivity index (χ1n) is 10.5. The molecule has 0 saturated heterocycles. The Labute approximate surface area is 187 Å². The maximum absolute atomic E-state index is 11.3. The zero-order valence-electron chi connectivity index (χ0n) is 17.4. The molecule has 5 heteroatoms. The van der Waals surface area contributed by atoms with Gasteiger partial charge in [-0.05, 0) is 77.8 Å². The monoisotopic (exact) mass is 435 g/mol. The summed E-state index contributed by atoms with van der Waals surface area (Å²) in [4.78, 5) is 11.3. The lowest BCUT2D eigenvalue weighted by Gasteiger charge is -2.27. The molecule has 0 heterocycles. The SMILES string of the molecule is Cc1cc(-c2ccc3c(c2)C[C@@H](NC[C@@H](O)c2ccc(Cl)cc2)CC3)ccc1C(=O)O. The number of fused-ring (bicyclic) bond motifs is 1. The highest BCUT2D eigenvalue weighted by molar-refractivity contribution is 6.30. The van der Waals surface area contributed by atoms with E-state index in [9.17, 15) is 15.0 Å². The summed E-state index contributed by atoms with van der Waals surface area (Å²) in [5.74, 6) is -0.899. The third-order valence-corrected chi connectivity index (χ3v) is 6.33. The molecule has 3 N–H and O–H groups in total. The first kappa shape index (κ1) is 21.6. The standard InChI is InChI=1S/C26H26ClNO3/c1-16-12-19(7-11-24(16)26(30)31)20-3-2-17-6-10-23(14-21(17)13-20)28-15-25(29)18-4-8-22(27)9-5-18/h2-5,7-9,11-13,23,25,28-29H,6,10,14-15H2,1H3,(H,30,31)/t23-,25+/m0/s1. The topological polar surface area (TPSA) is 69.6 Å². The number of carbonyl (C=O) groups is 1. The van der Waals surface area contributed by atoms with Crippen LogP contribution in [0.15, 0.2) is 60.7 Å². The number of halogens is 1. The van der Waals surface area contributed by atoms with Crippen LogP contribution in [-0.4, -0.2) is 28.8 Å². The summed E-state index contributed by atoms with van der Waals surface area (Å²) >= 11 is 5.93. The van der Waals surface area contributed by atoms with Gasteiger partial charge in [-0.2, -0.15) is 0 Å². The number of aliphatic hydroxyl groups is 1. The first-order valence-corrected chi connectivity index (χ1v) is 10.9. The van der Waals surface area contributed by atoms with E-state index in [0.717, 1.165) is 41.5 Å². The zero-order chi connectivity index (χ0) is 22.0. The Balaban J connectivity index is 1.44. The molecule has 31 heavy (non-hydrogen) atoms. The van der Waals surface area contributed by atoms with Crippen LogP contribution in [0.1, 0.15) is 45.1 Å². The minimum Gasteiger partial charge on any atom is -0.478 e. The molecule has 0 amide bonds. The van der Waals surface area contributed by atoms with Crippen LogP contribution in [0.2, 0.25) is 5.02 Å². The number of nitrogens with one attached hydrogen (secondary N) is 1. The average Bonchev–Trinajstić information content (AvgIpc) is 2.77. The van der Waals surface area contributed by atoms with E-state index in [1.54, 1.807) is 18.2 Å². The van der Waals surface area contributed by atoms with E-state index >= 15 is 0 Å². The molecule has 2 atom stereocenters. The van der Waals surface area contributed by atoms with Gasteiger partial charge in [0.25, 0.3) is 0 Å². The number of benzene rings is 3. The number of carboxylic acid groups (broad SMARTS) is 1. The van der Waals surface area contributed by atoms with Crippen molar-refractivity contribution in [1.29, 1.82) is 0 Å². The summed E-state index contributed by atoms with van der Waals surface area (Å²) in [6, 6.07) is 19.6. The van der Waals surface area contributed by atoms with Crippen molar-refractivity contribution in [1.82, 2.24) is 5.32 Å². The summed E-state index contributed by atoms with van der Waals surface area (Å²) in [5, 5.41) is 23.9. The Morgan fingerprint density at radius 2 is 1.77 bits per heavy atom. The second-order valence-corrected chi connectivity index (χ2v) is 8.67. The van der Waals surface area contributed by atoms with Gasteiger partial charge in [0, 0.05) is 17.6 Å². The molecule has 4 nitrogen and oxygen atoms in total. The third-order valence-electron chi connectivity index (χ3n) is 6.08. The number of aryl methyl sites for hydroxylation is 2. The van der Waals surface area contributed by atoms with E-state index in [-0.39, 0.29) is 0 Å². The molecule has 0 saturated carbocycles. The van der Waals surface area contributed by atoms with Crippen molar-refractivity contribution in [3.63, 3.8) is 0 Å².